The second-order valence-electron chi connectivity index (χ2n) is 4.60. The van der Waals surface area contributed by atoms with Crippen LogP contribution in [0.15, 0.2) is 12.1 Å². The first-order valence-electron chi connectivity index (χ1n) is 6.12. The molecule has 0 aliphatic carbocycles. The van der Waals surface area contributed by atoms with Gasteiger partial charge in [0.25, 0.3) is 5.91 Å². The fraction of sp³-hybridized carbons (Fsp3) is 0.538. The molecular weight excluding hydrogens is 285 g/mol. The van der Waals surface area contributed by atoms with Gasteiger partial charge < -0.3 is 10.6 Å². The van der Waals surface area contributed by atoms with Gasteiger partial charge in [0.1, 0.15) is 0 Å². The maximum Gasteiger partial charge on any atom is 0.253 e. The number of amides is 1. The summed E-state index contributed by atoms with van der Waals surface area (Å²) < 4.78 is 0. The number of nitrogens with one attached hydrogen (secondary N) is 2. The Labute approximate surface area is 126 Å². The molecule has 1 aliphatic rings. The highest BCUT2D eigenvalue weighted by molar-refractivity contribution is 5.95. The summed E-state index contributed by atoms with van der Waals surface area (Å²) in [7, 11) is 0. The average Bonchev–Trinajstić information content (AvgIpc) is 2.30. The quantitative estimate of drug-likeness (QED) is 0.879. The van der Waals surface area contributed by atoms with Crippen molar-refractivity contribution in [1.82, 2.24) is 15.6 Å². The van der Waals surface area contributed by atoms with Crippen molar-refractivity contribution in [3.8, 4) is 0 Å². The van der Waals surface area contributed by atoms with Crippen molar-refractivity contribution in [2.75, 3.05) is 13.1 Å². The molecule has 0 spiro atoms. The van der Waals surface area contributed by atoms with E-state index in [4.69, 9.17) is 0 Å². The molecule has 2 heterocycles. The summed E-state index contributed by atoms with van der Waals surface area (Å²) >= 11 is 0. The number of carbonyl (C=O) groups excluding carboxylic acids is 1. The molecule has 1 atom stereocenters. The number of aryl methyl sites for hydroxylation is 2. The Hall–Kier alpha value is -0.840. The molecule has 0 aromatic carbocycles. The zero-order chi connectivity index (χ0) is 12.3. The van der Waals surface area contributed by atoms with Crippen molar-refractivity contribution in [1.29, 1.82) is 0 Å². The van der Waals surface area contributed by atoms with Crippen LogP contribution in [-0.2, 0) is 0 Å². The summed E-state index contributed by atoms with van der Waals surface area (Å²) in [6.07, 6.45) is 2.17. The minimum absolute atomic E-state index is 0. The van der Waals surface area contributed by atoms with E-state index in [0.717, 1.165) is 37.3 Å². The SMILES string of the molecule is Cc1ccc(C(=O)N[C@@H]2CCCNC2)c(C)n1.Cl.Cl. The normalized spacial score (nSPS) is 17.9. The highest BCUT2D eigenvalue weighted by atomic mass is 35.5. The largest absolute Gasteiger partial charge is 0.348 e. The van der Waals surface area contributed by atoms with Crippen molar-refractivity contribution in [3.05, 3.63) is 29.1 Å². The molecule has 2 N–H and O–H groups in total. The van der Waals surface area contributed by atoms with E-state index in [2.05, 4.69) is 15.6 Å². The second kappa shape index (κ2) is 8.35. The minimum atomic E-state index is -0.0105. The zero-order valence-electron chi connectivity index (χ0n) is 11.2. The maximum atomic E-state index is 12.1. The molecule has 1 saturated heterocycles. The molecule has 0 bridgehead atoms. The molecule has 1 aromatic heterocycles. The summed E-state index contributed by atoms with van der Waals surface area (Å²) in [6, 6.07) is 3.97. The summed E-state index contributed by atoms with van der Waals surface area (Å²) in [5, 5.41) is 6.34. The highest BCUT2D eigenvalue weighted by Gasteiger charge is 2.17. The van der Waals surface area contributed by atoms with E-state index in [1.807, 2.05) is 26.0 Å². The third-order valence-electron chi connectivity index (χ3n) is 3.10. The molecule has 4 nitrogen and oxygen atoms in total. The van der Waals surface area contributed by atoms with E-state index in [1.165, 1.54) is 0 Å². The summed E-state index contributed by atoms with van der Waals surface area (Å²) in [5.74, 6) is -0.0105. The van der Waals surface area contributed by atoms with Crippen molar-refractivity contribution in [2.24, 2.45) is 0 Å². The number of carbonyl (C=O) groups is 1. The number of piperidine rings is 1. The van der Waals surface area contributed by atoms with Crippen LogP contribution in [0.2, 0.25) is 0 Å². The number of nitrogens with zero attached hydrogens (tertiary/aromatic N) is 1. The van der Waals surface area contributed by atoms with E-state index in [0.29, 0.717) is 5.56 Å². The minimum Gasteiger partial charge on any atom is -0.348 e. The first-order valence-corrected chi connectivity index (χ1v) is 6.12. The van der Waals surface area contributed by atoms with Gasteiger partial charge in [0.15, 0.2) is 0 Å². The van der Waals surface area contributed by atoms with Gasteiger partial charge >= 0.3 is 0 Å². The van der Waals surface area contributed by atoms with E-state index >= 15 is 0 Å². The lowest BCUT2D eigenvalue weighted by molar-refractivity contribution is 0.0929. The molecule has 0 saturated carbocycles. The number of rotatable bonds is 2. The van der Waals surface area contributed by atoms with Crippen LogP contribution in [0.5, 0.6) is 0 Å². The van der Waals surface area contributed by atoms with Gasteiger partial charge in [-0.15, -0.1) is 24.8 Å². The molecule has 1 aromatic rings. The van der Waals surface area contributed by atoms with Crippen LogP contribution in [0.3, 0.4) is 0 Å². The predicted molar refractivity (Wildman–Crippen MR) is 81.6 cm³/mol. The molecule has 1 fully saturated rings. The Morgan fingerprint density at radius 1 is 1.37 bits per heavy atom. The van der Waals surface area contributed by atoms with Gasteiger partial charge in [-0.3, -0.25) is 9.78 Å². The number of halogens is 2. The molecule has 6 heteroatoms. The summed E-state index contributed by atoms with van der Waals surface area (Å²) in [6.45, 7) is 5.72. The fourth-order valence-electron chi connectivity index (χ4n) is 2.16. The van der Waals surface area contributed by atoms with Gasteiger partial charge in [0.05, 0.1) is 11.3 Å². The second-order valence-corrected chi connectivity index (χ2v) is 4.60. The Balaban J connectivity index is 0.00000162. The lowest BCUT2D eigenvalue weighted by atomic mass is 10.1. The topological polar surface area (TPSA) is 54.0 Å². The molecule has 2 rings (SSSR count). The van der Waals surface area contributed by atoms with Crippen molar-refractivity contribution < 1.29 is 4.79 Å². The number of aromatic nitrogens is 1. The van der Waals surface area contributed by atoms with Crippen LogP contribution < -0.4 is 10.6 Å². The van der Waals surface area contributed by atoms with Gasteiger partial charge in [0.2, 0.25) is 0 Å². The zero-order valence-corrected chi connectivity index (χ0v) is 12.9. The van der Waals surface area contributed by atoms with Crippen molar-refractivity contribution in [2.45, 2.75) is 32.7 Å². The first-order chi connectivity index (χ1) is 8.16. The van der Waals surface area contributed by atoms with E-state index < -0.39 is 0 Å². The van der Waals surface area contributed by atoms with Crippen LogP contribution in [0.4, 0.5) is 0 Å². The summed E-state index contributed by atoms with van der Waals surface area (Å²) in [4.78, 5) is 16.4. The average molecular weight is 306 g/mol. The van der Waals surface area contributed by atoms with Gasteiger partial charge in [-0.2, -0.15) is 0 Å². The number of hydrogen-bond acceptors (Lipinski definition) is 3. The highest BCUT2D eigenvalue weighted by Crippen LogP contribution is 2.08. The molecule has 1 amide bonds. The third kappa shape index (κ3) is 4.97. The van der Waals surface area contributed by atoms with Crippen molar-refractivity contribution in [3.63, 3.8) is 0 Å². The Morgan fingerprint density at radius 3 is 2.68 bits per heavy atom. The van der Waals surface area contributed by atoms with E-state index in [-0.39, 0.29) is 36.8 Å². The Morgan fingerprint density at radius 2 is 2.11 bits per heavy atom. The number of pyridine rings is 1. The van der Waals surface area contributed by atoms with Crippen LogP contribution in [0.1, 0.15) is 34.6 Å². The molecule has 0 radical (unpaired) electrons. The first kappa shape index (κ1) is 18.2. The molecule has 19 heavy (non-hydrogen) atoms. The van der Waals surface area contributed by atoms with E-state index in [1.54, 1.807) is 0 Å². The Kier molecular flexibility index (Phi) is 7.99. The van der Waals surface area contributed by atoms with Gasteiger partial charge in [-0.05, 0) is 45.4 Å². The van der Waals surface area contributed by atoms with Gasteiger partial charge in [0, 0.05) is 18.3 Å². The van der Waals surface area contributed by atoms with Crippen LogP contribution in [-0.4, -0.2) is 30.0 Å². The third-order valence-corrected chi connectivity index (χ3v) is 3.10. The van der Waals surface area contributed by atoms with Crippen LogP contribution in [0, 0.1) is 13.8 Å². The number of hydrogen-bond donors (Lipinski definition) is 2. The van der Waals surface area contributed by atoms with Crippen LogP contribution >= 0.6 is 24.8 Å². The smallest absolute Gasteiger partial charge is 0.253 e. The van der Waals surface area contributed by atoms with Gasteiger partial charge in [-0.1, -0.05) is 0 Å². The summed E-state index contributed by atoms with van der Waals surface area (Å²) in [5.41, 5.74) is 2.42. The molecule has 108 valence electrons. The van der Waals surface area contributed by atoms with Gasteiger partial charge in [-0.25, -0.2) is 0 Å². The lowest BCUT2D eigenvalue weighted by Crippen LogP contribution is -2.45. The predicted octanol–water partition coefficient (Wildman–Crippen LogP) is 2.02. The monoisotopic (exact) mass is 305 g/mol. The molecule has 0 unspecified atom stereocenters. The molecular formula is C13H21Cl2N3O. The standard InChI is InChI=1S/C13H19N3O.2ClH/c1-9-5-6-12(10(2)15-9)13(17)16-11-4-3-7-14-8-11;;/h5-6,11,14H,3-4,7-8H2,1-2H3,(H,16,17);2*1H/t11-;;/m1../s1. The Bertz CT molecular complexity index is 420. The van der Waals surface area contributed by atoms with E-state index in [9.17, 15) is 4.79 Å². The maximum absolute atomic E-state index is 12.1. The lowest BCUT2D eigenvalue weighted by Gasteiger charge is -2.24. The fourth-order valence-corrected chi connectivity index (χ4v) is 2.16. The van der Waals surface area contributed by atoms with Crippen molar-refractivity contribution >= 4 is 30.7 Å². The van der Waals surface area contributed by atoms with Crippen LogP contribution in [0.25, 0.3) is 0 Å². The molecule has 1 aliphatic heterocycles.